The van der Waals surface area contributed by atoms with Crippen molar-refractivity contribution < 1.29 is 13.2 Å². The number of halogens is 3. The van der Waals surface area contributed by atoms with E-state index in [1.165, 1.54) is 33.7 Å². The zero-order valence-corrected chi connectivity index (χ0v) is 38.8. The van der Waals surface area contributed by atoms with Gasteiger partial charge in [0.25, 0.3) is 0 Å². The number of hydrogen-bond acceptors (Lipinski definition) is 3. The average Bonchev–Trinajstić information content (AvgIpc) is 4.08. The lowest BCUT2D eigenvalue weighted by molar-refractivity contribution is -0.137. The Labute approximate surface area is 416 Å². The molecule has 10 aromatic carbocycles. The maximum Gasteiger partial charge on any atom is 0.416 e. The van der Waals surface area contributed by atoms with E-state index in [1.807, 2.05) is 72.8 Å². The summed E-state index contributed by atoms with van der Waals surface area (Å²) in [5, 5.41) is 6.78. The summed E-state index contributed by atoms with van der Waals surface area (Å²) in [6.45, 7) is 0. The van der Waals surface area contributed by atoms with Crippen molar-refractivity contribution in [2.45, 2.75) is 6.18 Å². The summed E-state index contributed by atoms with van der Waals surface area (Å²) in [5.41, 5.74) is 11.9. The van der Waals surface area contributed by atoms with Crippen LogP contribution >= 0.6 is 0 Å². The molecule has 0 radical (unpaired) electrons. The number of benzene rings is 10. The molecule has 4 heterocycles. The van der Waals surface area contributed by atoms with Gasteiger partial charge in [0.15, 0.2) is 17.5 Å². The standard InChI is InChI=1S/C64H39F3N6/c65-64(66,67)43-29-27-40(28-30-43)47-34-31-44(37-54(47)63-69-61(41-15-3-1-4-16-41)68-62(70-63)42-17-5-2-6-18-42)73-59-38-45(71-55-23-11-7-19-48(55)49-20-8-12-24-56(49)71)32-35-52(59)53-36-33-46(39-60(53)73)72-57-25-13-9-21-50(57)51-22-10-14-26-58(51)72/h1-39H. The first-order chi connectivity index (χ1) is 35.8. The number of para-hydroxylation sites is 4. The van der Waals surface area contributed by atoms with Crippen LogP contribution in [0.3, 0.4) is 0 Å². The third-order valence-corrected chi connectivity index (χ3v) is 14.1. The van der Waals surface area contributed by atoms with Crippen LogP contribution in [0, 0.1) is 0 Å². The number of nitrogens with zero attached hydrogens (tertiary/aromatic N) is 6. The molecule has 0 fully saturated rings. The van der Waals surface area contributed by atoms with Gasteiger partial charge in [0.1, 0.15) is 0 Å². The molecular weight excluding hydrogens is 910 g/mol. The Balaban J connectivity index is 1.07. The molecule has 9 heteroatoms. The van der Waals surface area contributed by atoms with Crippen molar-refractivity contribution >= 4 is 65.4 Å². The van der Waals surface area contributed by atoms with E-state index >= 15 is 0 Å². The summed E-state index contributed by atoms with van der Waals surface area (Å²) in [5.74, 6) is 1.32. The fourth-order valence-electron chi connectivity index (χ4n) is 10.8. The Morgan fingerprint density at radius 2 is 0.630 bits per heavy atom. The predicted octanol–water partition coefficient (Wildman–Crippen LogP) is 16.8. The van der Waals surface area contributed by atoms with Crippen molar-refractivity contribution in [2.24, 2.45) is 0 Å². The molecule has 0 spiro atoms. The fourth-order valence-corrected chi connectivity index (χ4v) is 10.8. The van der Waals surface area contributed by atoms with E-state index in [2.05, 4.69) is 153 Å². The second-order valence-corrected chi connectivity index (χ2v) is 18.3. The minimum atomic E-state index is -4.50. The molecule has 0 saturated carbocycles. The van der Waals surface area contributed by atoms with Gasteiger partial charge < -0.3 is 13.7 Å². The summed E-state index contributed by atoms with van der Waals surface area (Å²) in [6, 6.07) is 78.3. The molecule has 14 aromatic rings. The van der Waals surface area contributed by atoms with Crippen LogP contribution < -0.4 is 0 Å². The summed E-state index contributed by atoms with van der Waals surface area (Å²) >= 11 is 0. The van der Waals surface area contributed by atoms with E-state index in [-0.39, 0.29) is 0 Å². The van der Waals surface area contributed by atoms with Gasteiger partial charge in [0, 0.05) is 66.1 Å². The predicted molar refractivity (Wildman–Crippen MR) is 290 cm³/mol. The highest BCUT2D eigenvalue weighted by Crippen LogP contribution is 2.42. The Hall–Kier alpha value is -9.60. The zero-order valence-electron chi connectivity index (χ0n) is 38.8. The van der Waals surface area contributed by atoms with Crippen LogP contribution in [0.1, 0.15) is 5.56 Å². The van der Waals surface area contributed by atoms with Crippen LogP contribution in [0.15, 0.2) is 237 Å². The second kappa shape index (κ2) is 16.5. The smallest absolute Gasteiger partial charge is 0.309 e. The minimum absolute atomic E-state index is 0.377. The lowest BCUT2D eigenvalue weighted by Gasteiger charge is -2.17. The molecule has 0 aliphatic rings. The lowest BCUT2D eigenvalue weighted by atomic mass is 9.97. The Morgan fingerprint density at radius 3 is 1.07 bits per heavy atom. The van der Waals surface area contributed by atoms with Crippen LogP contribution in [-0.2, 0) is 6.18 Å². The number of alkyl halides is 3. The highest BCUT2D eigenvalue weighted by molar-refractivity contribution is 6.13. The summed E-state index contributed by atoms with van der Waals surface area (Å²) in [6.07, 6.45) is -4.50. The van der Waals surface area contributed by atoms with Crippen molar-refractivity contribution in [1.82, 2.24) is 28.7 Å². The molecule has 0 unspecified atom stereocenters. The number of hydrogen-bond donors (Lipinski definition) is 0. The first kappa shape index (κ1) is 42.3. The molecule has 73 heavy (non-hydrogen) atoms. The number of rotatable bonds is 7. The van der Waals surface area contributed by atoms with Gasteiger partial charge in [0.2, 0.25) is 0 Å². The number of fused-ring (bicyclic) bond motifs is 9. The molecule has 14 rings (SSSR count). The molecular formula is C64H39F3N6. The maximum atomic E-state index is 14.1. The quantitative estimate of drug-likeness (QED) is 0.160. The van der Waals surface area contributed by atoms with Crippen molar-refractivity contribution in [3.8, 4) is 62.4 Å². The summed E-state index contributed by atoms with van der Waals surface area (Å²) in [4.78, 5) is 15.4. The lowest BCUT2D eigenvalue weighted by Crippen LogP contribution is -2.04. The fraction of sp³-hybridized carbons (Fsp3) is 0.0156. The van der Waals surface area contributed by atoms with E-state index in [4.69, 9.17) is 15.0 Å². The largest absolute Gasteiger partial charge is 0.416 e. The van der Waals surface area contributed by atoms with Gasteiger partial charge in [-0.05, 0) is 83.9 Å². The molecule has 4 aromatic heterocycles. The van der Waals surface area contributed by atoms with E-state index < -0.39 is 11.7 Å². The van der Waals surface area contributed by atoms with Gasteiger partial charge in [-0.3, -0.25) is 0 Å². The molecule has 0 amide bonds. The topological polar surface area (TPSA) is 53.5 Å². The van der Waals surface area contributed by atoms with Gasteiger partial charge in [-0.2, -0.15) is 13.2 Å². The molecule has 0 aliphatic heterocycles. The third kappa shape index (κ3) is 6.92. The van der Waals surface area contributed by atoms with Crippen LogP contribution in [0.4, 0.5) is 13.2 Å². The zero-order chi connectivity index (χ0) is 48.8. The number of aromatic nitrogens is 6. The highest BCUT2D eigenvalue weighted by Gasteiger charge is 2.30. The molecule has 0 atom stereocenters. The van der Waals surface area contributed by atoms with Crippen LogP contribution in [0.2, 0.25) is 0 Å². The van der Waals surface area contributed by atoms with Crippen LogP contribution in [0.5, 0.6) is 0 Å². The highest BCUT2D eigenvalue weighted by atomic mass is 19.4. The van der Waals surface area contributed by atoms with E-state index in [9.17, 15) is 13.2 Å². The monoisotopic (exact) mass is 948 g/mol. The third-order valence-electron chi connectivity index (χ3n) is 14.1. The Morgan fingerprint density at radius 1 is 0.274 bits per heavy atom. The first-order valence-electron chi connectivity index (χ1n) is 24.1. The van der Waals surface area contributed by atoms with Gasteiger partial charge in [-0.15, -0.1) is 0 Å². The molecule has 0 bridgehead atoms. The molecule has 346 valence electrons. The van der Waals surface area contributed by atoms with Crippen LogP contribution in [-0.4, -0.2) is 28.7 Å². The van der Waals surface area contributed by atoms with E-state index in [1.54, 1.807) is 0 Å². The van der Waals surface area contributed by atoms with Crippen molar-refractivity contribution in [3.63, 3.8) is 0 Å². The van der Waals surface area contributed by atoms with E-state index in [0.717, 1.165) is 84.2 Å². The van der Waals surface area contributed by atoms with Gasteiger partial charge in [-0.25, -0.2) is 15.0 Å². The average molecular weight is 949 g/mol. The van der Waals surface area contributed by atoms with Crippen molar-refractivity contribution in [1.29, 1.82) is 0 Å². The van der Waals surface area contributed by atoms with Gasteiger partial charge >= 0.3 is 6.18 Å². The Bertz CT molecular complexity index is 4140. The normalized spacial score (nSPS) is 12.0. The summed E-state index contributed by atoms with van der Waals surface area (Å²) in [7, 11) is 0. The Kier molecular flexibility index (Phi) is 9.56. The minimum Gasteiger partial charge on any atom is -0.309 e. The second-order valence-electron chi connectivity index (χ2n) is 18.3. The van der Waals surface area contributed by atoms with Gasteiger partial charge in [0.05, 0.1) is 38.7 Å². The first-order valence-corrected chi connectivity index (χ1v) is 24.1. The molecule has 0 saturated heterocycles. The summed E-state index contributed by atoms with van der Waals surface area (Å²) < 4.78 is 49.1. The molecule has 0 aliphatic carbocycles. The molecule has 0 N–H and O–H groups in total. The van der Waals surface area contributed by atoms with E-state index in [0.29, 0.717) is 34.2 Å². The molecule has 6 nitrogen and oxygen atoms in total. The van der Waals surface area contributed by atoms with Crippen molar-refractivity contribution in [3.05, 3.63) is 242 Å². The SMILES string of the molecule is FC(F)(F)c1ccc(-c2ccc(-n3c4cc(-n5c6ccccc6c6ccccc65)ccc4c4ccc(-n5c6ccccc6c6ccccc65)cc43)cc2-c2nc(-c3ccccc3)nc(-c3ccccc3)n2)cc1. The van der Waals surface area contributed by atoms with Crippen LogP contribution in [0.25, 0.3) is 128 Å². The maximum absolute atomic E-state index is 14.1. The van der Waals surface area contributed by atoms with Crippen molar-refractivity contribution in [2.75, 3.05) is 0 Å². The van der Waals surface area contributed by atoms with Gasteiger partial charge in [-0.1, -0.05) is 164 Å².